The second-order valence-corrected chi connectivity index (χ2v) is 8.24. The van der Waals surface area contributed by atoms with E-state index in [-0.39, 0.29) is 12.3 Å². The van der Waals surface area contributed by atoms with Crippen molar-refractivity contribution in [2.45, 2.75) is 38.1 Å². The van der Waals surface area contributed by atoms with Crippen LogP contribution < -0.4 is 9.62 Å². The Labute approximate surface area is 148 Å². The van der Waals surface area contributed by atoms with E-state index in [2.05, 4.69) is 4.72 Å². The van der Waals surface area contributed by atoms with Crippen LogP contribution in [-0.2, 0) is 14.8 Å². The number of sulfonamides is 1. The third-order valence-electron chi connectivity index (χ3n) is 4.39. The van der Waals surface area contributed by atoms with E-state index in [0.29, 0.717) is 22.6 Å². The van der Waals surface area contributed by atoms with Gasteiger partial charge in [-0.3, -0.25) is 4.79 Å². The first-order chi connectivity index (χ1) is 11.8. The first-order valence-corrected chi connectivity index (χ1v) is 9.72. The smallest absolute Gasteiger partial charge is 0.241 e. The Morgan fingerprint density at radius 1 is 1.04 bits per heavy atom. The largest absolute Gasteiger partial charge is 0.311 e. The van der Waals surface area contributed by atoms with E-state index in [9.17, 15) is 13.2 Å². The van der Waals surface area contributed by atoms with Gasteiger partial charge < -0.3 is 4.90 Å². The van der Waals surface area contributed by atoms with Crippen LogP contribution >= 0.6 is 0 Å². The summed E-state index contributed by atoms with van der Waals surface area (Å²) < 4.78 is 28.4. The van der Waals surface area contributed by atoms with E-state index in [4.69, 9.17) is 0 Å². The topological polar surface area (TPSA) is 66.5 Å². The van der Waals surface area contributed by atoms with Crippen LogP contribution in [0.15, 0.2) is 47.4 Å². The van der Waals surface area contributed by atoms with Gasteiger partial charge in [0.05, 0.1) is 4.90 Å². The molecule has 1 atom stereocenters. The fourth-order valence-electron chi connectivity index (χ4n) is 3.51. The third kappa shape index (κ3) is 3.60. The zero-order chi connectivity index (χ0) is 18.2. The summed E-state index contributed by atoms with van der Waals surface area (Å²) in [7, 11) is -3.68. The lowest BCUT2D eigenvalue weighted by Gasteiger charge is -2.18. The maximum Gasteiger partial charge on any atom is 0.241 e. The van der Waals surface area contributed by atoms with E-state index in [1.165, 1.54) is 0 Å². The molecule has 1 aliphatic heterocycles. The van der Waals surface area contributed by atoms with E-state index in [1.54, 1.807) is 18.7 Å². The number of hydrogen-bond acceptors (Lipinski definition) is 3. The molecule has 2 aromatic rings. The van der Waals surface area contributed by atoms with E-state index in [1.807, 2.05) is 49.4 Å². The normalized spacial score (nSPS) is 18.0. The Bertz CT molecular complexity index is 885. The number of carbonyl (C=O) groups is 1. The quantitative estimate of drug-likeness (QED) is 0.914. The highest BCUT2D eigenvalue weighted by atomic mass is 32.2. The predicted octanol–water partition coefficient (Wildman–Crippen LogP) is 2.70. The molecule has 0 bridgehead atoms. The van der Waals surface area contributed by atoms with Gasteiger partial charge in [-0.1, -0.05) is 35.9 Å². The average molecular weight is 358 g/mol. The highest BCUT2D eigenvalue weighted by Crippen LogP contribution is 2.25. The molecule has 0 radical (unpaired) electrons. The van der Waals surface area contributed by atoms with Crippen molar-refractivity contribution in [3.05, 3.63) is 59.2 Å². The summed E-state index contributed by atoms with van der Waals surface area (Å²) >= 11 is 0. The molecule has 0 saturated carbocycles. The zero-order valence-corrected chi connectivity index (χ0v) is 15.4. The fraction of sp³-hybridized carbons (Fsp3) is 0.316. The summed E-state index contributed by atoms with van der Waals surface area (Å²) in [6.45, 7) is 5.87. The SMILES string of the molecule is Cc1cc(C)c(S(=O)(=O)N[C@H]2CC(=O)N(c3ccccc3)C2)c(C)c1. The molecule has 6 heteroatoms. The molecule has 1 amide bonds. The Kier molecular flexibility index (Phi) is 4.67. The molecule has 0 spiro atoms. The van der Waals surface area contributed by atoms with Crippen LogP contribution in [0.1, 0.15) is 23.1 Å². The van der Waals surface area contributed by atoms with Crippen molar-refractivity contribution in [2.24, 2.45) is 0 Å². The van der Waals surface area contributed by atoms with Gasteiger partial charge in [-0.2, -0.15) is 0 Å². The molecule has 0 aromatic heterocycles. The molecule has 0 unspecified atom stereocenters. The number of nitrogens with zero attached hydrogens (tertiary/aromatic N) is 1. The lowest BCUT2D eigenvalue weighted by atomic mass is 10.1. The van der Waals surface area contributed by atoms with Gasteiger partial charge in [-0.25, -0.2) is 13.1 Å². The predicted molar refractivity (Wildman–Crippen MR) is 98.2 cm³/mol. The molecule has 0 aliphatic carbocycles. The number of anilines is 1. The standard InChI is InChI=1S/C19H22N2O3S/c1-13-9-14(2)19(15(3)10-13)25(23,24)20-16-11-18(22)21(12-16)17-7-5-4-6-8-17/h4-10,16,20H,11-12H2,1-3H3/t16-/m0/s1. The Hall–Kier alpha value is -2.18. The van der Waals surface area contributed by atoms with Crippen LogP contribution in [0.4, 0.5) is 5.69 Å². The van der Waals surface area contributed by atoms with Crippen molar-refractivity contribution in [3.63, 3.8) is 0 Å². The van der Waals surface area contributed by atoms with Gasteiger partial charge >= 0.3 is 0 Å². The van der Waals surface area contributed by atoms with Crippen molar-refractivity contribution in [1.82, 2.24) is 4.72 Å². The number of rotatable bonds is 4. The van der Waals surface area contributed by atoms with Crippen molar-refractivity contribution < 1.29 is 13.2 Å². The summed E-state index contributed by atoms with van der Waals surface area (Å²) in [4.78, 5) is 14.2. The first kappa shape index (κ1) is 17.6. The fourth-order valence-corrected chi connectivity index (χ4v) is 5.19. The van der Waals surface area contributed by atoms with Gasteiger partial charge in [0.15, 0.2) is 0 Å². The van der Waals surface area contributed by atoms with Gasteiger partial charge in [-0.05, 0) is 44.0 Å². The molecule has 1 aliphatic rings. The Morgan fingerprint density at radius 3 is 2.24 bits per heavy atom. The minimum Gasteiger partial charge on any atom is -0.311 e. The minimum atomic E-state index is -3.68. The average Bonchev–Trinajstić information content (AvgIpc) is 2.86. The van der Waals surface area contributed by atoms with E-state index >= 15 is 0 Å². The van der Waals surface area contributed by atoms with Crippen LogP contribution in [-0.4, -0.2) is 26.9 Å². The Balaban J connectivity index is 1.82. The summed E-state index contributed by atoms with van der Waals surface area (Å²) in [5, 5.41) is 0. The van der Waals surface area contributed by atoms with Crippen LogP contribution in [0.3, 0.4) is 0 Å². The number of carbonyl (C=O) groups excluding carboxylic acids is 1. The van der Waals surface area contributed by atoms with Gasteiger partial charge in [0, 0.05) is 24.7 Å². The summed E-state index contributed by atoms with van der Waals surface area (Å²) in [6, 6.07) is 12.6. The number of amides is 1. The summed E-state index contributed by atoms with van der Waals surface area (Å²) in [5.74, 6) is -0.0729. The molecular formula is C19H22N2O3S. The van der Waals surface area contributed by atoms with E-state index in [0.717, 1.165) is 11.3 Å². The molecule has 5 nitrogen and oxygen atoms in total. The van der Waals surface area contributed by atoms with Crippen molar-refractivity contribution in [2.75, 3.05) is 11.4 Å². The lowest BCUT2D eigenvalue weighted by Crippen LogP contribution is -2.37. The van der Waals surface area contributed by atoms with Gasteiger partial charge in [0.25, 0.3) is 0 Å². The number of benzene rings is 2. The molecule has 132 valence electrons. The molecular weight excluding hydrogens is 336 g/mol. The second kappa shape index (κ2) is 6.61. The Morgan fingerprint density at radius 2 is 1.64 bits per heavy atom. The molecule has 1 fully saturated rings. The maximum absolute atomic E-state index is 12.9. The van der Waals surface area contributed by atoms with Crippen molar-refractivity contribution >= 4 is 21.6 Å². The maximum atomic E-state index is 12.9. The minimum absolute atomic E-state index is 0.0729. The molecule has 25 heavy (non-hydrogen) atoms. The number of aryl methyl sites for hydroxylation is 3. The monoisotopic (exact) mass is 358 g/mol. The molecule has 2 aromatic carbocycles. The van der Waals surface area contributed by atoms with Crippen molar-refractivity contribution in [3.8, 4) is 0 Å². The van der Waals surface area contributed by atoms with Gasteiger partial charge in [-0.15, -0.1) is 0 Å². The van der Waals surface area contributed by atoms with Crippen molar-refractivity contribution in [1.29, 1.82) is 0 Å². The van der Waals surface area contributed by atoms with Crippen LogP contribution in [0.25, 0.3) is 0 Å². The molecule has 1 saturated heterocycles. The summed E-state index contributed by atoms with van der Waals surface area (Å²) in [5.41, 5.74) is 3.25. The van der Waals surface area contributed by atoms with Gasteiger partial charge in [0.1, 0.15) is 0 Å². The van der Waals surface area contributed by atoms with E-state index < -0.39 is 16.1 Å². The van der Waals surface area contributed by atoms with Crippen LogP contribution in [0, 0.1) is 20.8 Å². The molecule has 1 N–H and O–H groups in total. The first-order valence-electron chi connectivity index (χ1n) is 8.23. The zero-order valence-electron chi connectivity index (χ0n) is 14.6. The highest BCUT2D eigenvalue weighted by molar-refractivity contribution is 7.89. The highest BCUT2D eigenvalue weighted by Gasteiger charge is 2.34. The lowest BCUT2D eigenvalue weighted by molar-refractivity contribution is -0.117. The second-order valence-electron chi connectivity index (χ2n) is 6.59. The summed E-state index contributed by atoms with van der Waals surface area (Å²) in [6.07, 6.45) is 0.165. The number of hydrogen-bond donors (Lipinski definition) is 1. The molecule has 1 heterocycles. The van der Waals surface area contributed by atoms with Crippen LogP contribution in [0.2, 0.25) is 0 Å². The molecule has 3 rings (SSSR count). The number of para-hydroxylation sites is 1. The van der Waals surface area contributed by atoms with Gasteiger partial charge in [0.2, 0.25) is 15.9 Å². The number of nitrogens with one attached hydrogen (secondary N) is 1. The van der Waals surface area contributed by atoms with Crippen LogP contribution in [0.5, 0.6) is 0 Å². The third-order valence-corrected chi connectivity index (χ3v) is 6.21.